The second-order valence-corrected chi connectivity index (χ2v) is 4.35. The largest absolute Gasteiger partial charge is 0.305 e. The van der Waals surface area contributed by atoms with Gasteiger partial charge in [-0.3, -0.25) is 0 Å². The lowest BCUT2D eigenvalue weighted by atomic mass is 10.2. The van der Waals surface area contributed by atoms with E-state index in [9.17, 15) is 0 Å². The molecule has 0 saturated carbocycles. The van der Waals surface area contributed by atoms with Crippen molar-refractivity contribution in [1.29, 1.82) is 0 Å². The molecular weight excluding hydrogens is 148 g/mol. The van der Waals surface area contributed by atoms with Crippen molar-refractivity contribution in [2.45, 2.75) is 20.3 Å². The van der Waals surface area contributed by atoms with Gasteiger partial charge in [0.05, 0.1) is 0 Å². The summed E-state index contributed by atoms with van der Waals surface area (Å²) in [7, 11) is 2.22. The molecule has 2 heteroatoms. The van der Waals surface area contributed by atoms with Crippen molar-refractivity contribution in [3.8, 4) is 0 Å². The van der Waals surface area contributed by atoms with Crippen molar-refractivity contribution < 1.29 is 0 Å². The predicted octanol–water partition coefficient (Wildman–Crippen LogP) is 1.28. The van der Waals surface area contributed by atoms with Gasteiger partial charge in [0.2, 0.25) is 0 Å². The molecule has 0 N–H and O–H groups in total. The van der Waals surface area contributed by atoms with Gasteiger partial charge in [0.15, 0.2) is 0 Å². The average molecular weight is 170 g/mol. The lowest BCUT2D eigenvalue weighted by Crippen LogP contribution is -2.31. The first-order valence-electron chi connectivity index (χ1n) is 5.09. The zero-order chi connectivity index (χ0) is 8.97. The molecule has 1 aliphatic rings. The highest BCUT2D eigenvalue weighted by Gasteiger charge is 2.12. The Morgan fingerprint density at radius 3 is 2.50 bits per heavy atom. The zero-order valence-corrected chi connectivity index (χ0v) is 8.71. The van der Waals surface area contributed by atoms with E-state index in [1.54, 1.807) is 0 Å². The normalized spacial score (nSPS) is 23.0. The number of nitrogens with zero attached hydrogens (tertiary/aromatic N) is 2. The minimum Gasteiger partial charge on any atom is -0.305 e. The van der Waals surface area contributed by atoms with Gasteiger partial charge in [0.1, 0.15) is 0 Å². The Kier molecular flexibility index (Phi) is 4.02. The van der Waals surface area contributed by atoms with Gasteiger partial charge < -0.3 is 9.80 Å². The van der Waals surface area contributed by atoms with E-state index in [0.29, 0.717) is 0 Å². The molecule has 1 saturated heterocycles. The van der Waals surface area contributed by atoms with E-state index in [2.05, 4.69) is 30.7 Å². The molecule has 72 valence electrons. The van der Waals surface area contributed by atoms with Gasteiger partial charge in [0.25, 0.3) is 0 Å². The maximum Gasteiger partial charge on any atom is 0.0109 e. The van der Waals surface area contributed by atoms with Gasteiger partial charge in [-0.1, -0.05) is 13.8 Å². The molecule has 0 amide bonds. The topological polar surface area (TPSA) is 6.48 Å². The van der Waals surface area contributed by atoms with Gasteiger partial charge in [-0.05, 0) is 32.5 Å². The molecule has 0 bridgehead atoms. The van der Waals surface area contributed by atoms with Crippen LogP contribution in [-0.4, -0.2) is 49.6 Å². The first kappa shape index (κ1) is 10.0. The van der Waals surface area contributed by atoms with Gasteiger partial charge >= 0.3 is 0 Å². The molecule has 1 aliphatic heterocycles. The number of likely N-dealkylation sites (N-methyl/N-ethyl adjacent to an activating group) is 1. The number of rotatable bonds is 2. The third-order valence-electron chi connectivity index (χ3n) is 2.44. The standard InChI is InChI=1S/C10H22N2/c1-10(2)9-12-6-4-5-11(3)7-8-12/h10H,4-9H2,1-3H3. The minimum atomic E-state index is 0.813. The Morgan fingerprint density at radius 1 is 1.08 bits per heavy atom. The Labute approximate surface area is 76.5 Å². The number of hydrogen-bond acceptors (Lipinski definition) is 2. The van der Waals surface area contributed by atoms with Crippen molar-refractivity contribution in [3.63, 3.8) is 0 Å². The summed E-state index contributed by atoms with van der Waals surface area (Å²) < 4.78 is 0. The van der Waals surface area contributed by atoms with Crippen LogP contribution in [0, 0.1) is 5.92 Å². The molecule has 0 aromatic heterocycles. The van der Waals surface area contributed by atoms with Gasteiger partial charge in [-0.2, -0.15) is 0 Å². The third-order valence-corrected chi connectivity index (χ3v) is 2.44. The molecule has 1 fully saturated rings. The fraction of sp³-hybridized carbons (Fsp3) is 1.00. The monoisotopic (exact) mass is 170 g/mol. The van der Waals surface area contributed by atoms with E-state index >= 15 is 0 Å². The lowest BCUT2D eigenvalue weighted by Gasteiger charge is -2.21. The maximum atomic E-state index is 2.59. The fourth-order valence-electron chi connectivity index (χ4n) is 1.80. The van der Waals surface area contributed by atoms with Crippen LogP contribution < -0.4 is 0 Å². The Bertz CT molecular complexity index is 123. The van der Waals surface area contributed by atoms with E-state index < -0.39 is 0 Å². The van der Waals surface area contributed by atoms with Crippen molar-refractivity contribution >= 4 is 0 Å². The van der Waals surface area contributed by atoms with Gasteiger partial charge in [0, 0.05) is 19.6 Å². The van der Waals surface area contributed by atoms with E-state index in [4.69, 9.17) is 0 Å². The molecule has 0 aromatic carbocycles. The molecule has 12 heavy (non-hydrogen) atoms. The summed E-state index contributed by atoms with van der Waals surface area (Å²) >= 11 is 0. The van der Waals surface area contributed by atoms with E-state index in [1.807, 2.05) is 0 Å². The van der Waals surface area contributed by atoms with Crippen LogP contribution in [-0.2, 0) is 0 Å². The molecule has 0 aliphatic carbocycles. The highest BCUT2D eigenvalue weighted by Crippen LogP contribution is 2.04. The maximum absolute atomic E-state index is 2.59. The molecular formula is C10H22N2. The Morgan fingerprint density at radius 2 is 1.83 bits per heavy atom. The van der Waals surface area contributed by atoms with Crippen molar-refractivity contribution in [2.24, 2.45) is 5.92 Å². The highest BCUT2D eigenvalue weighted by molar-refractivity contribution is 4.67. The van der Waals surface area contributed by atoms with Gasteiger partial charge in [-0.25, -0.2) is 0 Å². The third kappa shape index (κ3) is 3.55. The van der Waals surface area contributed by atoms with Crippen LogP contribution in [0.5, 0.6) is 0 Å². The summed E-state index contributed by atoms with van der Waals surface area (Å²) in [6.45, 7) is 10.9. The first-order chi connectivity index (χ1) is 5.68. The van der Waals surface area contributed by atoms with Crippen LogP contribution in [0.3, 0.4) is 0 Å². The molecule has 1 rings (SSSR count). The first-order valence-corrected chi connectivity index (χ1v) is 5.09. The van der Waals surface area contributed by atoms with Crippen molar-refractivity contribution in [1.82, 2.24) is 9.80 Å². The van der Waals surface area contributed by atoms with Gasteiger partial charge in [-0.15, -0.1) is 0 Å². The molecule has 0 atom stereocenters. The second kappa shape index (κ2) is 4.83. The smallest absolute Gasteiger partial charge is 0.0109 e. The van der Waals surface area contributed by atoms with Crippen molar-refractivity contribution in [2.75, 3.05) is 39.8 Å². The fourth-order valence-corrected chi connectivity index (χ4v) is 1.80. The van der Waals surface area contributed by atoms with Crippen LogP contribution in [0.2, 0.25) is 0 Å². The van der Waals surface area contributed by atoms with Crippen LogP contribution >= 0.6 is 0 Å². The second-order valence-electron chi connectivity index (χ2n) is 4.35. The summed E-state index contributed by atoms with van der Waals surface area (Å²) in [6.07, 6.45) is 1.34. The van der Waals surface area contributed by atoms with Crippen molar-refractivity contribution in [3.05, 3.63) is 0 Å². The summed E-state index contributed by atoms with van der Waals surface area (Å²) in [6, 6.07) is 0. The zero-order valence-electron chi connectivity index (χ0n) is 8.71. The molecule has 1 heterocycles. The Hall–Kier alpha value is -0.0800. The molecule has 2 nitrogen and oxygen atoms in total. The molecule has 0 radical (unpaired) electrons. The highest BCUT2D eigenvalue weighted by atomic mass is 15.2. The minimum absolute atomic E-state index is 0.813. The van der Waals surface area contributed by atoms with E-state index in [0.717, 1.165) is 5.92 Å². The summed E-state index contributed by atoms with van der Waals surface area (Å²) in [5.74, 6) is 0.813. The van der Waals surface area contributed by atoms with Crippen LogP contribution in [0.4, 0.5) is 0 Å². The summed E-state index contributed by atoms with van der Waals surface area (Å²) in [5, 5.41) is 0. The van der Waals surface area contributed by atoms with Crippen LogP contribution in [0.15, 0.2) is 0 Å². The van der Waals surface area contributed by atoms with E-state index in [1.165, 1.54) is 39.1 Å². The Balaban J connectivity index is 2.26. The average Bonchev–Trinajstić information content (AvgIpc) is 2.15. The van der Waals surface area contributed by atoms with Crippen LogP contribution in [0.1, 0.15) is 20.3 Å². The van der Waals surface area contributed by atoms with E-state index in [-0.39, 0.29) is 0 Å². The molecule has 0 unspecified atom stereocenters. The molecule has 0 spiro atoms. The predicted molar refractivity (Wildman–Crippen MR) is 53.4 cm³/mol. The quantitative estimate of drug-likeness (QED) is 0.616. The molecule has 0 aromatic rings. The summed E-state index contributed by atoms with van der Waals surface area (Å²) in [5.41, 5.74) is 0. The van der Waals surface area contributed by atoms with Crippen LogP contribution in [0.25, 0.3) is 0 Å². The SMILES string of the molecule is CC(C)CN1CCCN(C)CC1. The summed E-state index contributed by atoms with van der Waals surface area (Å²) in [4.78, 5) is 5.02. The lowest BCUT2D eigenvalue weighted by molar-refractivity contribution is 0.249. The number of hydrogen-bond donors (Lipinski definition) is 0.